The first-order valence-electron chi connectivity index (χ1n) is 4.33. The topological polar surface area (TPSA) is 29.1 Å². The van der Waals surface area contributed by atoms with Crippen LogP contribution in [-0.2, 0) is 4.79 Å². The van der Waals surface area contributed by atoms with Gasteiger partial charge in [0.15, 0.2) is 0 Å². The third-order valence-electron chi connectivity index (χ3n) is 2.02. The SMILES string of the molecule is C=C(C)C1=CC(CCC)C(=O)N1. The summed E-state index contributed by atoms with van der Waals surface area (Å²) in [7, 11) is 0. The lowest BCUT2D eigenvalue weighted by atomic mass is 10.0. The summed E-state index contributed by atoms with van der Waals surface area (Å²) in [6.45, 7) is 7.77. The van der Waals surface area contributed by atoms with Crippen molar-refractivity contribution >= 4 is 5.91 Å². The van der Waals surface area contributed by atoms with E-state index in [0.717, 1.165) is 24.1 Å². The quantitative estimate of drug-likeness (QED) is 0.680. The summed E-state index contributed by atoms with van der Waals surface area (Å²) in [5.41, 5.74) is 1.83. The van der Waals surface area contributed by atoms with E-state index in [1.165, 1.54) is 0 Å². The van der Waals surface area contributed by atoms with Crippen molar-refractivity contribution in [2.45, 2.75) is 26.7 Å². The summed E-state index contributed by atoms with van der Waals surface area (Å²) in [6, 6.07) is 0. The fraction of sp³-hybridized carbons (Fsp3) is 0.500. The summed E-state index contributed by atoms with van der Waals surface area (Å²) >= 11 is 0. The first-order chi connectivity index (χ1) is 5.65. The molecule has 0 aromatic carbocycles. The number of hydrogen-bond donors (Lipinski definition) is 1. The van der Waals surface area contributed by atoms with E-state index in [1.807, 2.05) is 13.0 Å². The highest BCUT2D eigenvalue weighted by atomic mass is 16.2. The van der Waals surface area contributed by atoms with E-state index in [4.69, 9.17) is 0 Å². The molecule has 1 N–H and O–H groups in total. The molecule has 1 aliphatic rings. The Morgan fingerprint density at radius 2 is 2.42 bits per heavy atom. The second kappa shape index (κ2) is 3.57. The molecule has 0 saturated carbocycles. The van der Waals surface area contributed by atoms with E-state index >= 15 is 0 Å². The summed E-state index contributed by atoms with van der Waals surface area (Å²) < 4.78 is 0. The highest BCUT2D eigenvalue weighted by Crippen LogP contribution is 2.19. The Kier molecular flexibility index (Phi) is 2.69. The van der Waals surface area contributed by atoms with Crippen molar-refractivity contribution in [3.8, 4) is 0 Å². The van der Waals surface area contributed by atoms with Crippen LogP contribution >= 0.6 is 0 Å². The zero-order valence-electron chi connectivity index (χ0n) is 7.68. The number of rotatable bonds is 3. The van der Waals surface area contributed by atoms with E-state index < -0.39 is 0 Å². The second-order valence-corrected chi connectivity index (χ2v) is 3.25. The molecule has 2 nitrogen and oxygen atoms in total. The highest BCUT2D eigenvalue weighted by molar-refractivity contribution is 5.86. The average Bonchev–Trinajstić information content (AvgIpc) is 2.34. The predicted molar refractivity (Wildman–Crippen MR) is 49.4 cm³/mol. The molecule has 0 spiro atoms. The van der Waals surface area contributed by atoms with Gasteiger partial charge in [0.05, 0.1) is 5.92 Å². The standard InChI is InChI=1S/C10H15NO/c1-4-5-8-6-9(7(2)3)11-10(8)12/h6,8H,2,4-5H2,1,3H3,(H,11,12). The maximum absolute atomic E-state index is 11.3. The average molecular weight is 165 g/mol. The Morgan fingerprint density at radius 1 is 1.75 bits per heavy atom. The van der Waals surface area contributed by atoms with Crippen LogP contribution in [0.3, 0.4) is 0 Å². The molecule has 0 fully saturated rings. The molecule has 0 aromatic rings. The molecule has 0 aliphatic carbocycles. The van der Waals surface area contributed by atoms with Gasteiger partial charge < -0.3 is 5.32 Å². The Balaban J connectivity index is 2.66. The third-order valence-corrected chi connectivity index (χ3v) is 2.02. The number of amides is 1. The van der Waals surface area contributed by atoms with Crippen LogP contribution in [0.25, 0.3) is 0 Å². The molecule has 0 bridgehead atoms. The van der Waals surface area contributed by atoms with E-state index in [9.17, 15) is 4.79 Å². The van der Waals surface area contributed by atoms with Gasteiger partial charge in [0.1, 0.15) is 0 Å². The first-order valence-corrected chi connectivity index (χ1v) is 4.33. The molecule has 1 heterocycles. The molecular weight excluding hydrogens is 150 g/mol. The Bertz CT molecular complexity index is 240. The van der Waals surface area contributed by atoms with E-state index in [0.29, 0.717) is 0 Å². The van der Waals surface area contributed by atoms with Gasteiger partial charge in [0, 0.05) is 5.70 Å². The molecule has 0 radical (unpaired) electrons. The lowest BCUT2D eigenvalue weighted by Crippen LogP contribution is -2.21. The molecule has 0 aromatic heterocycles. The molecule has 2 heteroatoms. The first kappa shape index (κ1) is 9.04. The number of hydrogen-bond acceptors (Lipinski definition) is 1. The van der Waals surface area contributed by atoms with E-state index in [-0.39, 0.29) is 11.8 Å². The van der Waals surface area contributed by atoms with Crippen LogP contribution in [-0.4, -0.2) is 5.91 Å². The van der Waals surface area contributed by atoms with Gasteiger partial charge in [-0.15, -0.1) is 0 Å². The van der Waals surface area contributed by atoms with Crippen LogP contribution in [0.15, 0.2) is 23.9 Å². The highest BCUT2D eigenvalue weighted by Gasteiger charge is 2.23. The summed E-state index contributed by atoms with van der Waals surface area (Å²) in [5, 5.41) is 2.81. The van der Waals surface area contributed by atoms with Crippen molar-refractivity contribution in [3.63, 3.8) is 0 Å². The fourth-order valence-corrected chi connectivity index (χ4v) is 1.32. The van der Waals surface area contributed by atoms with Gasteiger partial charge in [-0.3, -0.25) is 4.79 Å². The minimum atomic E-state index is 0.0710. The lowest BCUT2D eigenvalue weighted by Gasteiger charge is -2.01. The second-order valence-electron chi connectivity index (χ2n) is 3.25. The monoisotopic (exact) mass is 165 g/mol. The van der Waals surface area contributed by atoms with Gasteiger partial charge >= 0.3 is 0 Å². The summed E-state index contributed by atoms with van der Waals surface area (Å²) in [6.07, 6.45) is 3.95. The smallest absolute Gasteiger partial charge is 0.231 e. The van der Waals surface area contributed by atoms with E-state index in [2.05, 4.69) is 18.8 Å². The van der Waals surface area contributed by atoms with E-state index in [1.54, 1.807) is 0 Å². The number of allylic oxidation sites excluding steroid dienone is 1. The Labute approximate surface area is 73.4 Å². The van der Waals surface area contributed by atoms with Crippen molar-refractivity contribution < 1.29 is 4.79 Å². The third kappa shape index (κ3) is 1.76. The van der Waals surface area contributed by atoms with Crippen molar-refractivity contribution in [2.75, 3.05) is 0 Å². The number of nitrogens with one attached hydrogen (secondary N) is 1. The van der Waals surface area contributed by atoms with Crippen LogP contribution < -0.4 is 5.32 Å². The number of carbonyl (C=O) groups is 1. The van der Waals surface area contributed by atoms with Crippen molar-refractivity contribution in [1.82, 2.24) is 5.32 Å². The van der Waals surface area contributed by atoms with Crippen molar-refractivity contribution in [1.29, 1.82) is 0 Å². The van der Waals surface area contributed by atoms with Gasteiger partial charge in [-0.2, -0.15) is 0 Å². The molecule has 0 saturated heterocycles. The minimum absolute atomic E-state index is 0.0710. The van der Waals surface area contributed by atoms with Gasteiger partial charge in [-0.25, -0.2) is 0 Å². The largest absolute Gasteiger partial charge is 0.326 e. The molecule has 1 atom stereocenters. The van der Waals surface area contributed by atoms with Gasteiger partial charge in [0.2, 0.25) is 5.91 Å². The molecule has 1 aliphatic heterocycles. The summed E-state index contributed by atoms with van der Waals surface area (Å²) in [5.74, 6) is 0.191. The minimum Gasteiger partial charge on any atom is -0.326 e. The summed E-state index contributed by atoms with van der Waals surface area (Å²) in [4.78, 5) is 11.3. The van der Waals surface area contributed by atoms with Crippen LogP contribution in [0.5, 0.6) is 0 Å². The van der Waals surface area contributed by atoms with Gasteiger partial charge in [-0.05, 0) is 25.0 Å². The van der Waals surface area contributed by atoms with Crippen molar-refractivity contribution in [2.24, 2.45) is 5.92 Å². The number of carbonyl (C=O) groups excluding carboxylic acids is 1. The maximum Gasteiger partial charge on any atom is 0.231 e. The molecule has 1 amide bonds. The molecule has 1 unspecified atom stereocenters. The molecule has 66 valence electrons. The molecule has 1 rings (SSSR count). The normalized spacial score (nSPS) is 22.0. The Hall–Kier alpha value is -1.05. The zero-order chi connectivity index (χ0) is 9.14. The van der Waals surface area contributed by atoms with Gasteiger partial charge in [0.25, 0.3) is 0 Å². The van der Waals surface area contributed by atoms with Crippen LogP contribution in [0.1, 0.15) is 26.7 Å². The van der Waals surface area contributed by atoms with Crippen LogP contribution in [0, 0.1) is 5.92 Å². The maximum atomic E-state index is 11.3. The van der Waals surface area contributed by atoms with Crippen molar-refractivity contribution in [3.05, 3.63) is 23.9 Å². The molecule has 12 heavy (non-hydrogen) atoms. The lowest BCUT2D eigenvalue weighted by molar-refractivity contribution is -0.122. The zero-order valence-corrected chi connectivity index (χ0v) is 7.68. The predicted octanol–water partition coefficient (Wildman–Crippen LogP) is 1.99. The Morgan fingerprint density at radius 3 is 2.83 bits per heavy atom. The van der Waals surface area contributed by atoms with Gasteiger partial charge in [-0.1, -0.05) is 19.9 Å². The molecular formula is C10H15NO. The van der Waals surface area contributed by atoms with Crippen LogP contribution in [0.2, 0.25) is 0 Å². The van der Waals surface area contributed by atoms with Crippen LogP contribution in [0.4, 0.5) is 0 Å². The fourth-order valence-electron chi connectivity index (χ4n) is 1.32.